The standard InChI is InChI=1S/C22H24N2O3S/c1-4-8-17(15-9-6-5-7-10-15)21(25)24-22-23-19(14-28-22)18-13-16(26-2)11-12-20(18)27-3/h5-7,9-14,17H,4,8H2,1-3H3,(H,23,24,25). The van der Waals surface area contributed by atoms with Crippen LogP contribution in [0.3, 0.4) is 0 Å². The molecular formula is C22H24N2O3S. The van der Waals surface area contributed by atoms with Gasteiger partial charge in [0, 0.05) is 10.9 Å². The molecule has 0 aliphatic carbocycles. The highest BCUT2D eigenvalue weighted by Crippen LogP contribution is 2.35. The monoisotopic (exact) mass is 396 g/mol. The first kappa shape index (κ1) is 19.9. The topological polar surface area (TPSA) is 60.5 Å². The predicted octanol–water partition coefficient (Wildman–Crippen LogP) is 5.35. The van der Waals surface area contributed by atoms with Crippen LogP contribution in [-0.2, 0) is 4.79 Å². The number of nitrogens with zero attached hydrogens (tertiary/aromatic N) is 1. The molecule has 6 heteroatoms. The van der Waals surface area contributed by atoms with E-state index in [9.17, 15) is 4.79 Å². The van der Waals surface area contributed by atoms with Gasteiger partial charge >= 0.3 is 0 Å². The SMILES string of the molecule is CCCC(C(=O)Nc1nc(-c2cc(OC)ccc2OC)cs1)c1ccccc1. The van der Waals surface area contributed by atoms with Crippen LogP contribution >= 0.6 is 11.3 Å². The summed E-state index contributed by atoms with van der Waals surface area (Å²) in [7, 11) is 3.24. The van der Waals surface area contributed by atoms with Crippen LogP contribution in [-0.4, -0.2) is 25.1 Å². The van der Waals surface area contributed by atoms with Gasteiger partial charge in [-0.25, -0.2) is 4.98 Å². The van der Waals surface area contributed by atoms with Crippen LogP contribution in [0.5, 0.6) is 11.5 Å². The van der Waals surface area contributed by atoms with E-state index >= 15 is 0 Å². The summed E-state index contributed by atoms with van der Waals surface area (Å²) < 4.78 is 10.7. The molecule has 146 valence electrons. The van der Waals surface area contributed by atoms with Crippen molar-refractivity contribution in [2.75, 3.05) is 19.5 Å². The number of benzene rings is 2. The lowest BCUT2D eigenvalue weighted by Gasteiger charge is -2.15. The lowest BCUT2D eigenvalue weighted by atomic mass is 9.94. The number of hydrogen-bond donors (Lipinski definition) is 1. The van der Waals surface area contributed by atoms with Crippen molar-refractivity contribution in [2.45, 2.75) is 25.7 Å². The summed E-state index contributed by atoms with van der Waals surface area (Å²) in [5.41, 5.74) is 2.59. The van der Waals surface area contributed by atoms with Crippen molar-refractivity contribution >= 4 is 22.4 Å². The second-order valence-electron chi connectivity index (χ2n) is 6.35. The van der Waals surface area contributed by atoms with Gasteiger partial charge in [0.1, 0.15) is 11.5 Å². The molecule has 1 atom stereocenters. The molecule has 1 heterocycles. The average molecular weight is 397 g/mol. The van der Waals surface area contributed by atoms with Crippen molar-refractivity contribution in [1.29, 1.82) is 0 Å². The van der Waals surface area contributed by atoms with Gasteiger partial charge in [0.2, 0.25) is 5.91 Å². The minimum absolute atomic E-state index is 0.0356. The summed E-state index contributed by atoms with van der Waals surface area (Å²) in [4.78, 5) is 17.5. The number of thiazole rings is 1. The number of rotatable bonds is 8. The molecule has 28 heavy (non-hydrogen) atoms. The summed E-state index contributed by atoms with van der Waals surface area (Å²) in [6.45, 7) is 2.08. The molecule has 0 saturated carbocycles. The first-order valence-electron chi connectivity index (χ1n) is 9.20. The van der Waals surface area contributed by atoms with Crippen molar-refractivity contribution < 1.29 is 14.3 Å². The van der Waals surface area contributed by atoms with Gasteiger partial charge in [-0.15, -0.1) is 11.3 Å². The Labute approximate surface area is 169 Å². The second kappa shape index (κ2) is 9.37. The maximum absolute atomic E-state index is 12.9. The number of carbonyl (C=O) groups is 1. The highest BCUT2D eigenvalue weighted by atomic mass is 32.1. The fourth-order valence-electron chi connectivity index (χ4n) is 3.08. The number of anilines is 1. The molecule has 3 aromatic rings. The summed E-state index contributed by atoms with van der Waals surface area (Å²) in [5, 5.41) is 5.46. The van der Waals surface area contributed by atoms with Gasteiger partial charge in [0.05, 0.1) is 25.8 Å². The molecule has 0 aliphatic heterocycles. The second-order valence-corrected chi connectivity index (χ2v) is 7.20. The predicted molar refractivity (Wildman–Crippen MR) is 113 cm³/mol. The minimum Gasteiger partial charge on any atom is -0.497 e. The third kappa shape index (κ3) is 4.51. The number of methoxy groups -OCH3 is 2. The van der Waals surface area contributed by atoms with E-state index in [0.717, 1.165) is 35.4 Å². The number of hydrogen-bond acceptors (Lipinski definition) is 5. The fourth-order valence-corrected chi connectivity index (χ4v) is 3.80. The first-order chi connectivity index (χ1) is 13.7. The van der Waals surface area contributed by atoms with E-state index in [1.54, 1.807) is 14.2 Å². The van der Waals surface area contributed by atoms with Crippen LogP contribution < -0.4 is 14.8 Å². The van der Waals surface area contributed by atoms with E-state index < -0.39 is 0 Å². The summed E-state index contributed by atoms with van der Waals surface area (Å²) in [6, 6.07) is 15.4. The van der Waals surface area contributed by atoms with Crippen LogP contribution in [0.15, 0.2) is 53.9 Å². The molecule has 1 amide bonds. The molecule has 5 nitrogen and oxygen atoms in total. The van der Waals surface area contributed by atoms with Gasteiger partial charge in [-0.05, 0) is 30.2 Å². The molecule has 3 rings (SSSR count). The molecule has 0 fully saturated rings. The van der Waals surface area contributed by atoms with Crippen molar-refractivity contribution in [3.05, 3.63) is 59.5 Å². The molecule has 0 bridgehead atoms. The number of nitrogens with one attached hydrogen (secondary N) is 1. The minimum atomic E-state index is -0.190. The lowest BCUT2D eigenvalue weighted by molar-refractivity contribution is -0.117. The zero-order valence-corrected chi connectivity index (χ0v) is 17.1. The smallest absolute Gasteiger partial charge is 0.233 e. The van der Waals surface area contributed by atoms with E-state index in [0.29, 0.717) is 10.9 Å². The number of aromatic nitrogens is 1. The Morgan fingerprint density at radius 3 is 2.61 bits per heavy atom. The van der Waals surface area contributed by atoms with Crippen molar-refractivity contribution in [3.8, 4) is 22.8 Å². The van der Waals surface area contributed by atoms with Crippen molar-refractivity contribution in [3.63, 3.8) is 0 Å². The van der Waals surface area contributed by atoms with Gasteiger partial charge in [0.15, 0.2) is 5.13 Å². The Kier molecular flexibility index (Phi) is 6.66. The van der Waals surface area contributed by atoms with E-state index in [2.05, 4.69) is 17.2 Å². The Balaban J connectivity index is 1.81. The summed E-state index contributed by atoms with van der Waals surface area (Å²) in [6.07, 6.45) is 1.72. The average Bonchev–Trinajstić information content (AvgIpc) is 3.20. The molecule has 0 saturated heterocycles. The normalized spacial score (nSPS) is 11.7. The maximum atomic E-state index is 12.9. The third-order valence-electron chi connectivity index (χ3n) is 4.51. The fraction of sp³-hybridized carbons (Fsp3) is 0.273. The van der Waals surface area contributed by atoms with E-state index in [1.165, 1.54) is 11.3 Å². The Morgan fingerprint density at radius 1 is 1.14 bits per heavy atom. The Morgan fingerprint density at radius 2 is 1.93 bits per heavy atom. The van der Waals surface area contributed by atoms with Crippen LogP contribution in [0.25, 0.3) is 11.3 Å². The van der Waals surface area contributed by atoms with Gasteiger partial charge in [-0.3, -0.25) is 4.79 Å². The maximum Gasteiger partial charge on any atom is 0.233 e. The van der Waals surface area contributed by atoms with E-state index in [4.69, 9.17) is 9.47 Å². The number of ether oxygens (including phenoxy) is 2. The summed E-state index contributed by atoms with van der Waals surface area (Å²) >= 11 is 1.40. The lowest BCUT2D eigenvalue weighted by Crippen LogP contribution is -2.21. The molecular weight excluding hydrogens is 372 g/mol. The third-order valence-corrected chi connectivity index (χ3v) is 5.27. The number of amides is 1. The van der Waals surface area contributed by atoms with Crippen molar-refractivity contribution in [1.82, 2.24) is 4.98 Å². The van der Waals surface area contributed by atoms with E-state index in [1.807, 2.05) is 53.9 Å². The van der Waals surface area contributed by atoms with Gasteiger partial charge < -0.3 is 14.8 Å². The zero-order valence-electron chi connectivity index (χ0n) is 16.3. The van der Waals surface area contributed by atoms with Crippen LogP contribution in [0.1, 0.15) is 31.2 Å². The quantitative estimate of drug-likeness (QED) is 0.558. The van der Waals surface area contributed by atoms with Gasteiger partial charge in [-0.2, -0.15) is 0 Å². The molecule has 0 aliphatic rings. The Bertz CT molecular complexity index is 925. The highest BCUT2D eigenvalue weighted by Gasteiger charge is 2.21. The van der Waals surface area contributed by atoms with Crippen molar-refractivity contribution in [2.24, 2.45) is 0 Å². The first-order valence-corrected chi connectivity index (χ1v) is 10.1. The largest absolute Gasteiger partial charge is 0.497 e. The highest BCUT2D eigenvalue weighted by molar-refractivity contribution is 7.14. The van der Waals surface area contributed by atoms with Crippen LogP contribution in [0, 0.1) is 0 Å². The Hall–Kier alpha value is -2.86. The molecule has 2 aromatic carbocycles. The van der Waals surface area contributed by atoms with Crippen LogP contribution in [0.4, 0.5) is 5.13 Å². The zero-order chi connectivity index (χ0) is 19.9. The number of carbonyl (C=O) groups excluding carboxylic acids is 1. The van der Waals surface area contributed by atoms with Crippen LogP contribution in [0.2, 0.25) is 0 Å². The molecule has 0 radical (unpaired) electrons. The molecule has 1 aromatic heterocycles. The van der Waals surface area contributed by atoms with Gasteiger partial charge in [0.25, 0.3) is 0 Å². The molecule has 1 unspecified atom stereocenters. The molecule has 1 N–H and O–H groups in total. The molecule has 0 spiro atoms. The summed E-state index contributed by atoms with van der Waals surface area (Å²) in [5.74, 6) is 1.20. The van der Waals surface area contributed by atoms with Gasteiger partial charge in [-0.1, -0.05) is 43.7 Å². The van der Waals surface area contributed by atoms with E-state index in [-0.39, 0.29) is 11.8 Å².